The van der Waals surface area contributed by atoms with Crippen LogP contribution in [0.1, 0.15) is 25.3 Å². The minimum absolute atomic E-state index is 0.344. The molecule has 0 aromatic heterocycles. The van der Waals surface area contributed by atoms with E-state index in [2.05, 4.69) is 30.4 Å². The Hall–Kier alpha value is -1.49. The van der Waals surface area contributed by atoms with Gasteiger partial charge in [0.1, 0.15) is 0 Å². The van der Waals surface area contributed by atoms with Gasteiger partial charge in [-0.25, -0.2) is 0 Å². The number of aryl methyl sites for hydroxylation is 1. The molecule has 0 spiro atoms. The number of nitriles is 1. The van der Waals surface area contributed by atoms with Crippen LogP contribution < -0.4 is 5.32 Å². The van der Waals surface area contributed by atoms with Crippen molar-refractivity contribution in [3.63, 3.8) is 0 Å². The summed E-state index contributed by atoms with van der Waals surface area (Å²) in [5, 5.41) is 11.8. The van der Waals surface area contributed by atoms with Crippen molar-refractivity contribution in [1.29, 1.82) is 5.26 Å². The van der Waals surface area contributed by atoms with Gasteiger partial charge in [0, 0.05) is 18.2 Å². The first-order valence-electron chi connectivity index (χ1n) is 4.84. The SMILES string of the molecule is Cc1[c]ccc(NC(C)CCC#N)c1. The average Bonchev–Trinajstić information content (AvgIpc) is 2.15. The second kappa shape index (κ2) is 5.29. The van der Waals surface area contributed by atoms with Gasteiger partial charge in [-0.05, 0) is 44.0 Å². The molecule has 0 fully saturated rings. The zero-order chi connectivity index (χ0) is 10.4. The Morgan fingerprint density at radius 3 is 3.07 bits per heavy atom. The second-order valence-corrected chi connectivity index (χ2v) is 3.50. The standard InChI is InChI=1S/C12H15N2/c1-10-5-3-7-12(9-10)14-11(2)6-4-8-13/h3,7,9,11,14H,4,6H2,1-2H3. The number of nitrogens with one attached hydrogen (secondary N) is 1. The molecule has 14 heavy (non-hydrogen) atoms. The van der Waals surface area contributed by atoms with Crippen molar-refractivity contribution in [2.45, 2.75) is 32.7 Å². The summed E-state index contributed by atoms with van der Waals surface area (Å²) in [4.78, 5) is 0. The molecule has 1 radical (unpaired) electrons. The highest BCUT2D eigenvalue weighted by Gasteiger charge is 2.00. The number of hydrogen-bond acceptors (Lipinski definition) is 2. The van der Waals surface area contributed by atoms with Gasteiger partial charge < -0.3 is 5.32 Å². The van der Waals surface area contributed by atoms with Crippen molar-refractivity contribution in [1.82, 2.24) is 0 Å². The highest BCUT2D eigenvalue weighted by atomic mass is 14.9. The third-order valence-electron chi connectivity index (χ3n) is 2.05. The molecular weight excluding hydrogens is 172 g/mol. The Bertz CT molecular complexity index is 325. The predicted molar refractivity (Wildman–Crippen MR) is 57.9 cm³/mol. The van der Waals surface area contributed by atoms with Crippen molar-refractivity contribution in [2.24, 2.45) is 0 Å². The van der Waals surface area contributed by atoms with E-state index in [9.17, 15) is 0 Å². The molecule has 1 unspecified atom stereocenters. The summed E-state index contributed by atoms with van der Waals surface area (Å²) in [5.74, 6) is 0. The molecule has 0 aliphatic heterocycles. The van der Waals surface area contributed by atoms with Crippen molar-refractivity contribution in [3.05, 3.63) is 29.8 Å². The van der Waals surface area contributed by atoms with Gasteiger partial charge in [0.25, 0.3) is 0 Å². The molecule has 1 N–H and O–H groups in total. The Balaban J connectivity index is 2.48. The maximum atomic E-state index is 8.44. The first-order chi connectivity index (χ1) is 6.72. The fourth-order valence-electron chi connectivity index (χ4n) is 1.31. The van der Waals surface area contributed by atoms with Gasteiger partial charge in [0.2, 0.25) is 0 Å². The lowest BCUT2D eigenvalue weighted by atomic mass is 10.1. The molecule has 1 rings (SSSR count). The summed E-state index contributed by atoms with van der Waals surface area (Å²) in [5.41, 5.74) is 2.23. The maximum absolute atomic E-state index is 8.44. The van der Waals surface area contributed by atoms with Crippen LogP contribution in [0, 0.1) is 24.3 Å². The number of nitrogens with zero attached hydrogens (tertiary/aromatic N) is 1. The number of hydrogen-bond donors (Lipinski definition) is 1. The normalized spacial score (nSPS) is 11.8. The quantitative estimate of drug-likeness (QED) is 0.786. The van der Waals surface area contributed by atoms with Crippen LogP contribution in [0.15, 0.2) is 18.2 Å². The zero-order valence-corrected chi connectivity index (χ0v) is 8.67. The van der Waals surface area contributed by atoms with Crippen LogP contribution >= 0.6 is 0 Å². The minimum Gasteiger partial charge on any atom is -0.383 e. The van der Waals surface area contributed by atoms with E-state index in [4.69, 9.17) is 5.26 Å². The summed E-state index contributed by atoms with van der Waals surface area (Å²) in [7, 11) is 0. The molecule has 0 aliphatic rings. The molecule has 0 aliphatic carbocycles. The number of anilines is 1. The van der Waals surface area contributed by atoms with Gasteiger partial charge in [-0.15, -0.1) is 0 Å². The first kappa shape index (κ1) is 10.6. The van der Waals surface area contributed by atoms with Crippen LogP contribution in [0.4, 0.5) is 5.69 Å². The molecule has 0 bridgehead atoms. The van der Waals surface area contributed by atoms with Crippen LogP contribution in [-0.4, -0.2) is 6.04 Å². The molecule has 0 heterocycles. The third-order valence-corrected chi connectivity index (χ3v) is 2.05. The molecule has 1 aromatic rings. The predicted octanol–water partition coefficient (Wildman–Crippen LogP) is 2.90. The summed E-state index contributed by atoms with van der Waals surface area (Å²) in [6, 6.07) is 11.6. The van der Waals surface area contributed by atoms with Gasteiger partial charge in [-0.3, -0.25) is 0 Å². The third kappa shape index (κ3) is 3.49. The summed E-state index contributed by atoms with van der Waals surface area (Å²) in [6.45, 7) is 4.11. The van der Waals surface area contributed by atoms with Crippen molar-refractivity contribution in [3.8, 4) is 6.07 Å². The summed E-state index contributed by atoms with van der Waals surface area (Å²) < 4.78 is 0. The maximum Gasteiger partial charge on any atom is 0.0622 e. The van der Waals surface area contributed by atoms with E-state index in [1.807, 2.05) is 19.1 Å². The van der Waals surface area contributed by atoms with E-state index in [0.29, 0.717) is 12.5 Å². The Labute approximate surface area is 85.6 Å². The smallest absolute Gasteiger partial charge is 0.0622 e. The highest BCUT2D eigenvalue weighted by molar-refractivity contribution is 5.45. The zero-order valence-electron chi connectivity index (χ0n) is 8.67. The van der Waals surface area contributed by atoms with E-state index in [-0.39, 0.29) is 0 Å². The summed E-state index contributed by atoms with van der Waals surface area (Å²) >= 11 is 0. The van der Waals surface area contributed by atoms with E-state index in [1.165, 1.54) is 0 Å². The Kier molecular flexibility index (Phi) is 4.00. The first-order valence-corrected chi connectivity index (χ1v) is 4.84. The van der Waals surface area contributed by atoms with Crippen molar-refractivity contribution < 1.29 is 0 Å². The monoisotopic (exact) mass is 187 g/mol. The Morgan fingerprint density at radius 2 is 2.43 bits per heavy atom. The van der Waals surface area contributed by atoms with E-state index in [0.717, 1.165) is 17.7 Å². The minimum atomic E-state index is 0.344. The van der Waals surface area contributed by atoms with E-state index in [1.54, 1.807) is 0 Å². The van der Waals surface area contributed by atoms with Crippen LogP contribution in [0.5, 0.6) is 0 Å². The number of benzene rings is 1. The molecule has 0 saturated heterocycles. The van der Waals surface area contributed by atoms with Gasteiger partial charge >= 0.3 is 0 Å². The fourth-order valence-corrected chi connectivity index (χ4v) is 1.31. The van der Waals surface area contributed by atoms with E-state index >= 15 is 0 Å². The molecule has 0 amide bonds. The second-order valence-electron chi connectivity index (χ2n) is 3.50. The van der Waals surface area contributed by atoms with Crippen molar-refractivity contribution >= 4 is 5.69 Å². The molecule has 2 nitrogen and oxygen atoms in total. The summed E-state index contributed by atoms with van der Waals surface area (Å²) in [6.07, 6.45) is 1.49. The highest BCUT2D eigenvalue weighted by Crippen LogP contribution is 2.11. The molecule has 2 heteroatoms. The molecule has 1 aromatic carbocycles. The van der Waals surface area contributed by atoms with Gasteiger partial charge in [0.15, 0.2) is 0 Å². The van der Waals surface area contributed by atoms with Gasteiger partial charge in [0.05, 0.1) is 6.07 Å². The molecule has 0 saturated carbocycles. The largest absolute Gasteiger partial charge is 0.383 e. The van der Waals surface area contributed by atoms with Crippen LogP contribution in [-0.2, 0) is 0 Å². The average molecular weight is 187 g/mol. The van der Waals surface area contributed by atoms with Crippen molar-refractivity contribution in [2.75, 3.05) is 5.32 Å². The molecular formula is C12H15N2. The Morgan fingerprint density at radius 1 is 1.64 bits per heavy atom. The van der Waals surface area contributed by atoms with Gasteiger partial charge in [-0.2, -0.15) is 5.26 Å². The van der Waals surface area contributed by atoms with Crippen LogP contribution in [0.2, 0.25) is 0 Å². The lowest BCUT2D eigenvalue weighted by Crippen LogP contribution is -2.14. The van der Waals surface area contributed by atoms with Crippen LogP contribution in [0.3, 0.4) is 0 Å². The van der Waals surface area contributed by atoms with Crippen LogP contribution in [0.25, 0.3) is 0 Å². The van der Waals surface area contributed by atoms with E-state index < -0.39 is 0 Å². The van der Waals surface area contributed by atoms with Gasteiger partial charge in [-0.1, -0.05) is 6.07 Å². The molecule has 73 valence electrons. The molecule has 1 atom stereocenters. The lowest BCUT2D eigenvalue weighted by Gasteiger charge is -2.13. The number of rotatable bonds is 4. The lowest BCUT2D eigenvalue weighted by molar-refractivity contribution is 0.723. The topological polar surface area (TPSA) is 35.8 Å². The fraction of sp³-hybridized carbons (Fsp3) is 0.417.